The number of hydrogen-bond acceptors (Lipinski definition) is 4. The average Bonchev–Trinajstić information content (AvgIpc) is 2.78. The van der Waals surface area contributed by atoms with Crippen LogP contribution in [-0.4, -0.2) is 60.6 Å². The fraction of sp³-hybridized carbons (Fsp3) is 0.737. The van der Waals surface area contributed by atoms with Crippen molar-refractivity contribution in [1.82, 2.24) is 9.80 Å². The van der Waals surface area contributed by atoms with Gasteiger partial charge in [0, 0.05) is 44.9 Å². The zero-order valence-corrected chi connectivity index (χ0v) is 14.8. The van der Waals surface area contributed by atoms with Crippen molar-refractivity contribution in [3.8, 4) is 0 Å². The highest BCUT2D eigenvalue weighted by Gasteiger charge is 2.40. The number of furan rings is 1. The third kappa shape index (κ3) is 3.00. The summed E-state index contributed by atoms with van der Waals surface area (Å²) in [5.74, 6) is 2.33. The van der Waals surface area contributed by atoms with Gasteiger partial charge in [-0.3, -0.25) is 9.69 Å². The summed E-state index contributed by atoms with van der Waals surface area (Å²) >= 11 is 0. The van der Waals surface area contributed by atoms with E-state index < -0.39 is 0 Å². The van der Waals surface area contributed by atoms with Gasteiger partial charge >= 0.3 is 0 Å². The second kappa shape index (κ2) is 6.52. The van der Waals surface area contributed by atoms with Crippen LogP contribution in [0.3, 0.4) is 0 Å². The van der Waals surface area contributed by atoms with E-state index in [2.05, 4.69) is 9.80 Å². The average molecular weight is 332 g/mol. The third-order valence-electron chi connectivity index (χ3n) is 5.98. The molecule has 5 rings (SSSR count). The maximum atomic E-state index is 13.1. The highest BCUT2D eigenvalue weighted by atomic mass is 16.5. The number of ether oxygens (including phenoxy) is 1. The number of amides is 1. The molecule has 132 valence electrons. The van der Waals surface area contributed by atoms with E-state index in [9.17, 15) is 4.79 Å². The number of hydrogen-bond donors (Lipinski definition) is 0. The van der Waals surface area contributed by atoms with Crippen molar-refractivity contribution in [3.63, 3.8) is 0 Å². The first-order valence-corrected chi connectivity index (χ1v) is 9.31. The van der Waals surface area contributed by atoms with Gasteiger partial charge in [0.25, 0.3) is 5.91 Å². The molecule has 0 saturated carbocycles. The Kier molecular flexibility index (Phi) is 4.39. The Morgan fingerprint density at radius 1 is 1.04 bits per heavy atom. The number of carbonyl (C=O) groups is 1. The molecule has 0 unspecified atom stereocenters. The quantitative estimate of drug-likeness (QED) is 0.835. The van der Waals surface area contributed by atoms with Gasteiger partial charge in [-0.2, -0.15) is 0 Å². The van der Waals surface area contributed by atoms with E-state index in [-0.39, 0.29) is 5.91 Å². The maximum absolute atomic E-state index is 13.1. The van der Waals surface area contributed by atoms with Gasteiger partial charge in [-0.15, -0.1) is 0 Å². The van der Waals surface area contributed by atoms with Crippen LogP contribution in [0.5, 0.6) is 0 Å². The summed E-state index contributed by atoms with van der Waals surface area (Å²) in [5.41, 5.74) is 0.748. The fourth-order valence-corrected chi connectivity index (χ4v) is 4.71. The lowest BCUT2D eigenvalue weighted by molar-refractivity contribution is 0.0304. The number of fused-ring (bicyclic) bond motifs is 4. The first kappa shape index (κ1) is 16.2. The zero-order valence-electron chi connectivity index (χ0n) is 14.8. The minimum atomic E-state index is 0.160. The van der Waals surface area contributed by atoms with Gasteiger partial charge in [-0.25, -0.2) is 0 Å². The smallest absolute Gasteiger partial charge is 0.257 e. The van der Waals surface area contributed by atoms with E-state index in [1.807, 2.05) is 19.9 Å². The van der Waals surface area contributed by atoms with Crippen LogP contribution in [0.15, 0.2) is 10.5 Å². The van der Waals surface area contributed by atoms with Crippen LogP contribution in [0.25, 0.3) is 0 Å². The van der Waals surface area contributed by atoms with Crippen molar-refractivity contribution >= 4 is 5.91 Å². The second-order valence-electron chi connectivity index (χ2n) is 7.68. The van der Waals surface area contributed by atoms with E-state index in [4.69, 9.17) is 9.15 Å². The van der Waals surface area contributed by atoms with Crippen LogP contribution in [0.1, 0.15) is 47.6 Å². The molecule has 1 aromatic rings. The summed E-state index contributed by atoms with van der Waals surface area (Å²) in [6, 6.07) is 2.87. The Labute approximate surface area is 143 Å². The summed E-state index contributed by atoms with van der Waals surface area (Å²) in [6.45, 7) is 8.61. The van der Waals surface area contributed by atoms with E-state index >= 15 is 0 Å². The van der Waals surface area contributed by atoms with E-state index in [0.29, 0.717) is 18.0 Å². The van der Waals surface area contributed by atoms with Crippen molar-refractivity contribution in [2.24, 2.45) is 5.92 Å². The largest absolute Gasteiger partial charge is 0.466 e. The maximum Gasteiger partial charge on any atom is 0.257 e. The van der Waals surface area contributed by atoms with Crippen molar-refractivity contribution in [3.05, 3.63) is 23.2 Å². The molecule has 0 aliphatic carbocycles. The summed E-state index contributed by atoms with van der Waals surface area (Å²) < 4.78 is 11.1. The molecule has 5 heteroatoms. The van der Waals surface area contributed by atoms with Gasteiger partial charge in [0.05, 0.1) is 5.56 Å². The molecular formula is C19H28N2O3. The highest BCUT2D eigenvalue weighted by molar-refractivity contribution is 5.95. The monoisotopic (exact) mass is 332 g/mol. The standard InChI is InChI=1S/C19H28N2O3/c1-13-9-18(14(2)24-13)19(22)21-11-15-3-4-17(21)12-20(10-15)16-5-7-23-8-6-16/h9,15-17H,3-8,10-12H2,1-2H3/t15-,17+/m0/s1. The van der Waals surface area contributed by atoms with Gasteiger partial charge in [0.1, 0.15) is 11.5 Å². The van der Waals surface area contributed by atoms with E-state index in [1.54, 1.807) is 0 Å². The summed E-state index contributed by atoms with van der Waals surface area (Å²) in [5, 5.41) is 0. The van der Waals surface area contributed by atoms with Crippen LogP contribution in [0.2, 0.25) is 0 Å². The predicted octanol–water partition coefficient (Wildman–Crippen LogP) is 2.61. The third-order valence-corrected chi connectivity index (χ3v) is 5.98. The number of piperidine rings is 1. The van der Waals surface area contributed by atoms with Gasteiger partial charge < -0.3 is 14.1 Å². The molecule has 0 aromatic carbocycles. The molecule has 5 heterocycles. The molecule has 4 saturated heterocycles. The fourth-order valence-electron chi connectivity index (χ4n) is 4.71. The first-order valence-electron chi connectivity index (χ1n) is 9.31. The molecule has 4 aliphatic rings. The summed E-state index contributed by atoms with van der Waals surface area (Å²) in [6.07, 6.45) is 4.64. The van der Waals surface area contributed by atoms with Crippen molar-refractivity contribution < 1.29 is 13.9 Å². The molecule has 0 spiro atoms. The summed E-state index contributed by atoms with van der Waals surface area (Å²) in [4.78, 5) is 17.9. The highest BCUT2D eigenvalue weighted by Crippen LogP contribution is 2.32. The normalized spacial score (nSPS) is 29.0. The van der Waals surface area contributed by atoms with Crippen LogP contribution in [-0.2, 0) is 4.74 Å². The number of aryl methyl sites for hydroxylation is 2. The molecule has 5 nitrogen and oxygen atoms in total. The van der Waals surface area contributed by atoms with E-state index in [0.717, 1.165) is 69.2 Å². The van der Waals surface area contributed by atoms with Crippen LogP contribution in [0, 0.1) is 19.8 Å². The van der Waals surface area contributed by atoms with Crippen molar-refractivity contribution in [2.75, 3.05) is 32.8 Å². The van der Waals surface area contributed by atoms with Gasteiger partial charge in [-0.1, -0.05) is 0 Å². The minimum Gasteiger partial charge on any atom is -0.466 e. The van der Waals surface area contributed by atoms with Gasteiger partial charge in [0.15, 0.2) is 0 Å². The van der Waals surface area contributed by atoms with Crippen LogP contribution in [0.4, 0.5) is 0 Å². The topological polar surface area (TPSA) is 45.9 Å². The molecular weight excluding hydrogens is 304 g/mol. The molecule has 1 amide bonds. The Hall–Kier alpha value is -1.33. The molecule has 2 atom stereocenters. The Balaban J connectivity index is 1.52. The molecule has 0 radical (unpaired) electrons. The molecule has 1 aromatic heterocycles. The first-order chi connectivity index (χ1) is 11.6. The molecule has 0 N–H and O–H groups in total. The number of carbonyl (C=O) groups excluding carboxylic acids is 1. The zero-order chi connectivity index (χ0) is 16.7. The van der Waals surface area contributed by atoms with E-state index in [1.165, 1.54) is 6.42 Å². The van der Waals surface area contributed by atoms with Gasteiger partial charge in [-0.05, 0) is 51.5 Å². The molecule has 2 bridgehead atoms. The summed E-state index contributed by atoms with van der Waals surface area (Å²) in [7, 11) is 0. The lowest BCUT2D eigenvalue weighted by Gasteiger charge is -2.37. The van der Waals surface area contributed by atoms with Crippen molar-refractivity contribution in [2.45, 2.75) is 51.6 Å². The Morgan fingerprint density at radius 3 is 2.54 bits per heavy atom. The molecule has 4 fully saturated rings. The second-order valence-corrected chi connectivity index (χ2v) is 7.68. The van der Waals surface area contributed by atoms with Crippen molar-refractivity contribution in [1.29, 1.82) is 0 Å². The Morgan fingerprint density at radius 2 is 1.83 bits per heavy atom. The minimum absolute atomic E-state index is 0.160. The van der Waals surface area contributed by atoms with Gasteiger partial charge in [0.2, 0.25) is 0 Å². The number of nitrogens with zero attached hydrogens (tertiary/aromatic N) is 2. The lowest BCUT2D eigenvalue weighted by Crippen LogP contribution is -2.48. The molecule has 4 aliphatic heterocycles. The number of rotatable bonds is 2. The SMILES string of the molecule is Cc1cc(C(=O)N2C[C@H]3CC[C@@H]2CN(C2CCOCC2)C3)c(C)o1. The Bertz CT molecular complexity index is 606. The predicted molar refractivity (Wildman–Crippen MR) is 91.1 cm³/mol. The lowest BCUT2D eigenvalue weighted by atomic mass is 9.94. The van der Waals surface area contributed by atoms with Crippen LogP contribution < -0.4 is 0 Å². The van der Waals surface area contributed by atoms with Crippen LogP contribution >= 0.6 is 0 Å². The molecule has 24 heavy (non-hydrogen) atoms.